The molecule has 0 radical (unpaired) electrons. The molecule has 0 atom stereocenters. The van der Waals surface area contributed by atoms with Gasteiger partial charge in [-0.25, -0.2) is 4.99 Å². The molecule has 0 amide bonds. The minimum Gasteiger partial charge on any atom is -0.261 e. The average molecular weight is 352 g/mol. The maximum Gasteiger partial charge on any atom is 0.155 e. The predicted molar refractivity (Wildman–Crippen MR) is 116 cm³/mol. The van der Waals surface area contributed by atoms with E-state index in [1.165, 1.54) is 11.1 Å². The zero-order chi connectivity index (χ0) is 18.9. The molecule has 0 saturated heterocycles. The van der Waals surface area contributed by atoms with Crippen LogP contribution in [-0.2, 0) is 13.0 Å². The van der Waals surface area contributed by atoms with Crippen LogP contribution in [-0.4, -0.2) is 11.5 Å². The van der Waals surface area contributed by atoms with Crippen LogP contribution in [0, 0.1) is 0 Å². The molecule has 0 N–H and O–H groups in total. The lowest BCUT2D eigenvalue weighted by atomic mass is 10.1. The molecule has 0 aliphatic carbocycles. The molecule has 3 aromatic carbocycles. The van der Waals surface area contributed by atoms with Crippen LogP contribution in [0.1, 0.15) is 29.2 Å². The van der Waals surface area contributed by atoms with Crippen molar-refractivity contribution in [2.24, 2.45) is 9.98 Å². The van der Waals surface area contributed by atoms with Crippen molar-refractivity contribution >= 4 is 11.5 Å². The predicted octanol–water partition coefficient (Wildman–Crippen LogP) is 5.87. The summed E-state index contributed by atoms with van der Waals surface area (Å²) in [6, 6.07) is 28.8. The third-order valence-corrected chi connectivity index (χ3v) is 4.36. The van der Waals surface area contributed by atoms with E-state index in [1.54, 1.807) is 6.08 Å². The Morgan fingerprint density at radius 3 is 1.89 bits per heavy atom. The zero-order valence-corrected chi connectivity index (χ0v) is 15.7. The average Bonchev–Trinajstić information content (AvgIpc) is 2.75. The van der Waals surface area contributed by atoms with E-state index in [0.717, 1.165) is 23.3 Å². The summed E-state index contributed by atoms with van der Waals surface area (Å²) in [6.45, 7) is 6.69. The van der Waals surface area contributed by atoms with Crippen LogP contribution in [0.2, 0.25) is 0 Å². The molecule has 0 saturated carbocycles. The topological polar surface area (TPSA) is 24.7 Å². The standard InChI is InChI=1S/C25H24N2/c1-3-20-15-17-21(18-16-20)19-26-25(23-13-9-6-10-14-23)27-24(4-2)22-11-7-5-8-12-22/h4-18H,2-3,19H2,1H3/b26-25-,27-24+. The van der Waals surface area contributed by atoms with E-state index < -0.39 is 0 Å². The summed E-state index contributed by atoms with van der Waals surface area (Å²) in [4.78, 5) is 9.65. The molecule has 134 valence electrons. The molecule has 0 bridgehead atoms. The number of hydrogen-bond donors (Lipinski definition) is 0. The van der Waals surface area contributed by atoms with Crippen LogP contribution in [0.5, 0.6) is 0 Å². The van der Waals surface area contributed by atoms with E-state index >= 15 is 0 Å². The van der Waals surface area contributed by atoms with Gasteiger partial charge >= 0.3 is 0 Å². The molecule has 3 aromatic rings. The minimum absolute atomic E-state index is 0.594. The Kier molecular flexibility index (Phi) is 6.48. The summed E-state index contributed by atoms with van der Waals surface area (Å²) in [7, 11) is 0. The Morgan fingerprint density at radius 2 is 1.33 bits per heavy atom. The first-order valence-corrected chi connectivity index (χ1v) is 9.24. The van der Waals surface area contributed by atoms with E-state index in [1.807, 2.05) is 60.7 Å². The normalized spacial score (nSPS) is 12.0. The molecule has 3 rings (SSSR count). The van der Waals surface area contributed by atoms with Gasteiger partial charge in [0.25, 0.3) is 0 Å². The van der Waals surface area contributed by atoms with Crippen LogP contribution in [0.3, 0.4) is 0 Å². The van der Waals surface area contributed by atoms with Gasteiger partial charge in [-0.1, -0.05) is 98.4 Å². The molecule has 0 aliphatic rings. The molecule has 0 aliphatic heterocycles. The second kappa shape index (κ2) is 9.44. The summed E-state index contributed by atoms with van der Waals surface area (Å²) in [5.41, 5.74) is 5.36. The molecule has 27 heavy (non-hydrogen) atoms. The Morgan fingerprint density at radius 1 is 0.778 bits per heavy atom. The molecular formula is C25H24N2. The molecule has 0 aromatic heterocycles. The molecular weight excluding hydrogens is 328 g/mol. The van der Waals surface area contributed by atoms with Crippen LogP contribution in [0.15, 0.2) is 108 Å². The molecule has 2 heteroatoms. The summed E-state index contributed by atoms with van der Waals surface area (Å²) >= 11 is 0. The highest BCUT2D eigenvalue weighted by Gasteiger charge is 2.05. The van der Waals surface area contributed by atoms with Crippen LogP contribution in [0.25, 0.3) is 0 Å². The van der Waals surface area contributed by atoms with Crippen molar-refractivity contribution in [3.63, 3.8) is 0 Å². The van der Waals surface area contributed by atoms with Crippen molar-refractivity contribution in [1.29, 1.82) is 0 Å². The van der Waals surface area contributed by atoms with E-state index in [-0.39, 0.29) is 0 Å². The van der Waals surface area contributed by atoms with Gasteiger partial charge < -0.3 is 0 Å². The van der Waals surface area contributed by atoms with Crippen LogP contribution < -0.4 is 0 Å². The number of hydrogen-bond acceptors (Lipinski definition) is 1. The third kappa shape index (κ3) is 5.11. The van der Waals surface area contributed by atoms with Crippen molar-refractivity contribution in [3.05, 3.63) is 120 Å². The van der Waals surface area contributed by atoms with Gasteiger partial charge in [0.05, 0.1) is 12.3 Å². The van der Waals surface area contributed by atoms with E-state index in [2.05, 4.69) is 37.8 Å². The van der Waals surface area contributed by atoms with E-state index in [9.17, 15) is 0 Å². The Hall–Kier alpha value is -3.26. The fourth-order valence-electron chi connectivity index (χ4n) is 2.78. The van der Waals surface area contributed by atoms with Crippen molar-refractivity contribution in [1.82, 2.24) is 0 Å². The van der Waals surface area contributed by atoms with Gasteiger partial charge in [-0.3, -0.25) is 4.99 Å². The van der Waals surface area contributed by atoms with Gasteiger partial charge in [-0.05, 0) is 23.6 Å². The Bertz CT molecular complexity index is 921. The van der Waals surface area contributed by atoms with Crippen molar-refractivity contribution in [2.75, 3.05) is 0 Å². The lowest BCUT2D eigenvalue weighted by Gasteiger charge is -2.06. The van der Waals surface area contributed by atoms with Gasteiger partial charge in [0.2, 0.25) is 0 Å². The summed E-state index contributed by atoms with van der Waals surface area (Å²) in [5.74, 6) is 0.717. The number of nitrogens with zero attached hydrogens (tertiary/aromatic N) is 2. The summed E-state index contributed by atoms with van der Waals surface area (Å²) in [5, 5.41) is 0. The second-order valence-corrected chi connectivity index (χ2v) is 6.24. The summed E-state index contributed by atoms with van der Waals surface area (Å²) < 4.78 is 0. The first kappa shape index (κ1) is 18.5. The number of rotatable bonds is 6. The number of amidine groups is 1. The monoisotopic (exact) mass is 352 g/mol. The highest BCUT2D eigenvalue weighted by atomic mass is 14.9. The SMILES string of the molecule is C=C/C(=N\C(=N/Cc1ccc(CC)cc1)c1ccccc1)c1ccccc1. The largest absolute Gasteiger partial charge is 0.261 e. The van der Waals surface area contributed by atoms with Crippen LogP contribution >= 0.6 is 0 Å². The maximum absolute atomic E-state index is 4.83. The van der Waals surface area contributed by atoms with Gasteiger partial charge in [0.1, 0.15) is 0 Å². The number of aliphatic imine (C=N–C) groups is 2. The highest BCUT2D eigenvalue weighted by molar-refractivity contribution is 6.16. The van der Waals surface area contributed by atoms with Crippen molar-refractivity contribution in [2.45, 2.75) is 19.9 Å². The summed E-state index contributed by atoms with van der Waals surface area (Å²) in [6.07, 6.45) is 2.83. The Labute approximate surface area is 161 Å². The van der Waals surface area contributed by atoms with Gasteiger partial charge in [0, 0.05) is 11.1 Å². The first-order valence-electron chi connectivity index (χ1n) is 9.24. The molecule has 0 spiro atoms. The van der Waals surface area contributed by atoms with Gasteiger partial charge in [0.15, 0.2) is 5.84 Å². The Balaban J connectivity index is 1.95. The van der Waals surface area contributed by atoms with Crippen molar-refractivity contribution in [3.8, 4) is 0 Å². The van der Waals surface area contributed by atoms with E-state index in [0.29, 0.717) is 12.4 Å². The molecule has 0 unspecified atom stereocenters. The molecule has 0 fully saturated rings. The van der Waals surface area contributed by atoms with Gasteiger partial charge in [-0.15, -0.1) is 0 Å². The fraction of sp³-hybridized carbons (Fsp3) is 0.120. The van der Waals surface area contributed by atoms with Gasteiger partial charge in [-0.2, -0.15) is 0 Å². The van der Waals surface area contributed by atoms with Crippen molar-refractivity contribution < 1.29 is 0 Å². The fourth-order valence-corrected chi connectivity index (χ4v) is 2.78. The quantitative estimate of drug-likeness (QED) is 0.391. The number of allylic oxidation sites excluding steroid dienone is 1. The smallest absolute Gasteiger partial charge is 0.155 e. The van der Waals surface area contributed by atoms with Crippen LogP contribution in [0.4, 0.5) is 0 Å². The van der Waals surface area contributed by atoms with E-state index in [4.69, 9.17) is 9.98 Å². The first-order chi connectivity index (χ1) is 13.3. The lowest BCUT2D eigenvalue weighted by Crippen LogP contribution is -2.05. The molecule has 2 nitrogen and oxygen atoms in total. The number of aryl methyl sites for hydroxylation is 1. The minimum atomic E-state index is 0.594. The second-order valence-electron chi connectivity index (χ2n) is 6.24. The third-order valence-electron chi connectivity index (χ3n) is 4.36. The lowest BCUT2D eigenvalue weighted by molar-refractivity contribution is 1.05. The molecule has 0 heterocycles. The highest BCUT2D eigenvalue weighted by Crippen LogP contribution is 2.11. The number of benzene rings is 3. The zero-order valence-electron chi connectivity index (χ0n) is 15.7. The maximum atomic E-state index is 4.83.